The van der Waals surface area contributed by atoms with Gasteiger partial charge in [-0.05, 0) is 31.2 Å². The average Bonchev–Trinajstić information content (AvgIpc) is 2.85. The summed E-state index contributed by atoms with van der Waals surface area (Å²) in [7, 11) is -1.67. The molecule has 21 heavy (non-hydrogen) atoms. The quantitative estimate of drug-likeness (QED) is 0.788. The van der Waals surface area contributed by atoms with Gasteiger partial charge < -0.3 is 9.88 Å². The van der Waals surface area contributed by atoms with Gasteiger partial charge in [-0.15, -0.1) is 10.2 Å². The zero-order chi connectivity index (χ0) is 15.3. The molecule has 1 aromatic carbocycles. The van der Waals surface area contributed by atoms with Crippen molar-refractivity contribution in [3.05, 3.63) is 36.4 Å². The molecule has 0 saturated heterocycles. The van der Waals surface area contributed by atoms with Gasteiger partial charge in [-0.25, -0.2) is 13.1 Å². The Morgan fingerprint density at radius 1 is 1.24 bits per heavy atom. The first-order valence-electron chi connectivity index (χ1n) is 6.69. The van der Waals surface area contributed by atoms with Crippen molar-refractivity contribution in [2.24, 2.45) is 7.05 Å². The first-order chi connectivity index (χ1) is 10.0. The molecular formula is C13H19N5O2S. The topological polar surface area (TPSA) is 88.9 Å². The summed E-state index contributed by atoms with van der Waals surface area (Å²) in [4.78, 5) is 0.252. The number of hydrogen-bond donors (Lipinski definition) is 2. The van der Waals surface area contributed by atoms with Gasteiger partial charge in [0.25, 0.3) is 0 Å². The number of hydrogen-bond acceptors (Lipinski definition) is 5. The van der Waals surface area contributed by atoms with E-state index < -0.39 is 10.0 Å². The predicted molar refractivity (Wildman–Crippen MR) is 80.5 cm³/mol. The van der Waals surface area contributed by atoms with Crippen LogP contribution in [0.25, 0.3) is 0 Å². The fourth-order valence-electron chi connectivity index (χ4n) is 1.87. The Morgan fingerprint density at radius 2 is 1.95 bits per heavy atom. The van der Waals surface area contributed by atoms with Crippen LogP contribution < -0.4 is 10.0 Å². The van der Waals surface area contributed by atoms with Crippen LogP contribution in [0.1, 0.15) is 12.7 Å². The van der Waals surface area contributed by atoms with Crippen LogP contribution in [-0.2, 0) is 23.5 Å². The maximum atomic E-state index is 12.1. The van der Waals surface area contributed by atoms with Crippen LogP contribution in [0.2, 0.25) is 0 Å². The van der Waals surface area contributed by atoms with E-state index in [-0.39, 0.29) is 11.4 Å². The molecule has 0 fully saturated rings. The zero-order valence-electron chi connectivity index (χ0n) is 12.1. The molecular weight excluding hydrogens is 290 g/mol. The number of aromatic nitrogens is 3. The summed E-state index contributed by atoms with van der Waals surface area (Å²) < 4.78 is 28.6. The highest BCUT2D eigenvalue weighted by molar-refractivity contribution is 7.89. The number of aryl methyl sites for hydroxylation is 1. The van der Waals surface area contributed by atoms with E-state index in [2.05, 4.69) is 20.2 Å². The molecule has 0 spiro atoms. The third-order valence-corrected chi connectivity index (χ3v) is 4.47. The van der Waals surface area contributed by atoms with Crippen LogP contribution >= 0.6 is 0 Å². The van der Waals surface area contributed by atoms with Crippen molar-refractivity contribution in [2.75, 3.05) is 18.4 Å². The first-order valence-corrected chi connectivity index (χ1v) is 8.17. The molecule has 0 bridgehead atoms. The van der Waals surface area contributed by atoms with Crippen LogP contribution in [0.5, 0.6) is 0 Å². The summed E-state index contributed by atoms with van der Waals surface area (Å²) in [6, 6.07) is 6.67. The van der Waals surface area contributed by atoms with Crippen LogP contribution in [0, 0.1) is 0 Å². The predicted octanol–water partition coefficient (Wildman–Crippen LogP) is 0.768. The van der Waals surface area contributed by atoms with Crippen molar-refractivity contribution < 1.29 is 8.42 Å². The van der Waals surface area contributed by atoms with Gasteiger partial charge in [0.1, 0.15) is 12.2 Å². The van der Waals surface area contributed by atoms with Crippen molar-refractivity contribution in [3.8, 4) is 0 Å². The Hall–Kier alpha value is -1.93. The van der Waals surface area contributed by atoms with Gasteiger partial charge in [-0.3, -0.25) is 0 Å². The van der Waals surface area contributed by atoms with Gasteiger partial charge in [0.15, 0.2) is 0 Å². The van der Waals surface area contributed by atoms with E-state index in [4.69, 9.17) is 0 Å². The van der Waals surface area contributed by atoms with Gasteiger partial charge >= 0.3 is 0 Å². The Balaban J connectivity index is 1.96. The van der Waals surface area contributed by atoms with Crippen LogP contribution in [0.15, 0.2) is 35.5 Å². The fourth-order valence-corrected chi connectivity index (χ4v) is 2.90. The average molecular weight is 309 g/mol. The first kappa shape index (κ1) is 15.5. The molecule has 2 N–H and O–H groups in total. The molecule has 2 rings (SSSR count). The molecule has 0 aliphatic carbocycles. The summed E-state index contributed by atoms with van der Waals surface area (Å²) in [5.74, 6) is 0.736. The van der Waals surface area contributed by atoms with E-state index in [9.17, 15) is 8.42 Å². The number of benzene rings is 1. The highest BCUT2D eigenvalue weighted by Gasteiger charge is 2.13. The summed E-state index contributed by atoms with van der Waals surface area (Å²) >= 11 is 0. The minimum Gasteiger partial charge on any atom is -0.385 e. The minimum absolute atomic E-state index is 0.252. The van der Waals surface area contributed by atoms with E-state index in [0.29, 0.717) is 6.42 Å². The lowest BCUT2D eigenvalue weighted by Gasteiger charge is -2.08. The van der Waals surface area contributed by atoms with Crippen molar-refractivity contribution in [2.45, 2.75) is 18.2 Å². The molecule has 7 nitrogen and oxygen atoms in total. The lowest BCUT2D eigenvalue weighted by Crippen LogP contribution is -2.26. The highest BCUT2D eigenvalue weighted by atomic mass is 32.2. The van der Waals surface area contributed by atoms with Crippen molar-refractivity contribution in [1.29, 1.82) is 0 Å². The number of nitrogens with zero attached hydrogens (tertiary/aromatic N) is 3. The molecule has 1 heterocycles. The molecule has 0 saturated carbocycles. The molecule has 0 atom stereocenters. The maximum Gasteiger partial charge on any atom is 0.240 e. The molecule has 8 heteroatoms. The molecule has 0 aliphatic rings. The lowest BCUT2D eigenvalue weighted by molar-refractivity contribution is 0.580. The van der Waals surface area contributed by atoms with Crippen LogP contribution in [0.3, 0.4) is 0 Å². The van der Waals surface area contributed by atoms with Gasteiger partial charge in [-0.2, -0.15) is 0 Å². The molecule has 0 unspecified atom stereocenters. The van der Waals surface area contributed by atoms with Gasteiger partial charge in [-0.1, -0.05) is 0 Å². The van der Waals surface area contributed by atoms with Gasteiger partial charge in [0.05, 0.1) is 4.90 Å². The van der Waals surface area contributed by atoms with Gasteiger partial charge in [0.2, 0.25) is 10.0 Å². The molecule has 0 radical (unpaired) electrons. The third kappa shape index (κ3) is 4.02. The van der Waals surface area contributed by atoms with E-state index in [1.807, 2.05) is 14.0 Å². The van der Waals surface area contributed by atoms with Crippen LogP contribution in [0.4, 0.5) is 5.69 Å². The van der Waals surface area contributed by atoms with Crippen molar-refractivity contribution >= 4 is 15.7 Å². The Kier molecular flexibility index (Phi) is 4.92. The molecule has 0 amide bonds. The monoisotopic (exact) mass is 309 g/mol. The fraction of sp³-hybridized carbons (Fsp3) is 0.385. The summed E-state index contributed by atoms with van der Waals surface area (Å²) in [5, 5.41) is 10.8. The van der Waals surface area contributed by atoms with Crippen molar-refractivity contribution in [3.63, 3.8) is 0 Å². The molecule has 0 aliphatic heterocycles. The normalized spacial score (nSPS) is 11.5. The Labute approximate surface area is 124 Å². The van der Waals surface area contributed by atoms with E-state index in [1.165, 1.54) is 0 Å². The number of sulfonamides is 1. The van der Waals surface area contributed by atoms with E-state index in [0.717, 1.165) is 18.1 Å². The zero-order valence-corrected chi connectivity index (χ0v) is 12.9. The lowest BCUT2D eigenvalue weighted by atomic mass is 10.3. The number of rotatable bonds is 7. The van der Waals surface area contributed by atoms with E-state index in [1.54, 1.807) is 35.2 Å². The number of nitrogens with one attached hydrogen (secondary N) is 2. The largest absolute Gasteiger partial charge is 0.385 e. The molecule has 2 aromatic rings. The minimum atomic E-state index is -3.49. The second-order valence-corrected chi connectivity index (χ2v) is 6.33. The summed E-state index contributed by atoms with van der Waals surface area (Å²) in [5.41, 5.74) is 0.899. The Morgan fingerprint density at radius 3 is 2.52 bits per heavy atom. The smallest absolute Gasteiger partial charge is 0.240 e. The summed E-state index contributed by atoms with van der Waals surface area (Å²) in [6.45, 7) is 3.06. The maximum absolute atomic E-state index is 12.1. The van der Waals surface area contributed by atoms with Crippen molar-refractivity contribution in [1.82, 2.24) is 19.5 Å². The number of anilines is 1. The van der Waals surface area contributed by atoms with Crippen LogP contribution in [-0.4, -0.2) is 36.3 Å². The SMILES string of the molecule is CCNc1ccc(S(=O)(=O)NCCc2nncn2C)cc1. The third-order valence-electron chi connectivity index (χ3n) is 2.99. The van der Waals surface area contributed by atoms with Gasteiger partial charge in [0, 0.05) is 32.2 Å². The second kappa shape index (κ2) is 6.68. The Bertz CT molecular complexity index is 679. The standard InChI is InChI=1S/C13H19N5O2S/c1-3-14-11-4-6-12(7-5-11)21(19,20)16-9-8-13-17-15-10-18(13)2/h4-7,10,14,16H,3,8-9H2,1-2H3. The second-order valence-electron chi connectivity index (χ2n) is 4.56. The highest BCUT2D eigenvalue weighted by Crippen LogP contribution is 2.13. The molecule has 114 valence electrons. The van der Waals surface area contributed by atoms with E-state index >= 15 is 0 Å². The molecule has 1 aromatic heterocycles. The summed E-state index contributed by atoms with van der Waals surface area (Å²) in [6.07, 6.45) is 2.08.